The molecule has 0 aliphatic rings. The van der Waals surface area contributed by atoms with Crippen molar-refractivity contribution in [3.8, 4) is 0 Å². The molecule has 0 aliphatic heterocycles. The Morgan fingerprint density at radius 3 is 2.52 bits per heavy atom. The van der Waals surface area contributed by atoms with E-state index in [9.17, 15) is 9.59 Å². The van der Waals surface area contributed by atoms with Crippen LogP contribution in [-0.4, -0.2) is 31.2 Å². The standard InChI is InChI=1S/C22H28ClN3O3/c1-3-17-8-10-19(11-9-17)26-22(28)29-13-12-16(2)25-21(27)15-24-14-18-6-4-5-7-20(18)23/h4-11,16,24H,3,12-15H2,1-2H3,(H,25,27)(H,26,28)/t16-/m0/s1. The van der Waals surface area contributed by atoms with Crippen molar-refractivity contribution >= 4 is 29.3 Å². The summed E-state index contributed by atoms with van der Waals surface area (Å²) in [7, 11) is 0. The molecule has 2 amide bonds. The molecular formula is C22H28ClN3O3. The maximum absolute atomic E-state index is 12.0. The monoisotopic (exact) mass is 417 g/mol. The Balaban J connectivity index is 1.59. The molecule has 2 aromatic rings. The molecule has 2 rings (SSSR count). The van der Waals surface area contributed by atoms with Crippen molar-refractivity contribution in [2.24, 2.45) is 0 Å². The highest BCUT2D eigenvalue weighted by molar-refractivity contribution is 6.31. The van der Waals surface area contributed by atoms with Crippen LogP contribution in [0.1, 0.15) is 31.4 Å². The fourth-order valence-electron chi connectivity index (χ4n) is 2.66. The van der Waals surface area contributed by atoms with Gasteiger partial charge in [-0.25, -0.2) is 4.79 Å². The molecular weight excluding hydrogens is 390 g/mol. The van der Waals surface area contributed by atoms with E-state index in [0.29, 0.717) is 23.7 Å². The van der Waals surface area contributed by atoms with Crippen LogP contribution in [-0.2, 0) is 22.5 Å². The summed E-state index contributed by atoms with van der Waals surface area (Å²) in [5.74, 6) is -0.120. The molecule has 0 heterocycles. The molecule has 6 nitrogen and oxygen atoms in total. The van der Waals surface area contributed by atoms with E-state index in [-0.39, 0.29) is 25.1 Å². The first-order valence-corrected chi connectivity index (χ1v) is 10.1. The van der Waals surface area contributed by atoms with Gasteiger partial charge in [0.15, 0.2) is 0 Å². The summed E-state index contributed by atoms with van der Waals surface area (Å²) in [5, 5.41) is 9.29. The minimum Gasteiger partial charge on any atom is -0.449 e. The van der Waals surface area contributed by atoms with Crippen LogP contribution in [0.3, 0.4) is 0 Å². The Bertz CT molecular complexity index is 796. The van der Waals surface area contributed by atoms with Gasteiger partial charge in [-0.1, -0.05) is 48.9 Å². The first-order chi connectivity index (χ1) is 14.0. The predicted molar refractivity (Wildman–Crippen MR) is 116 cm³/mol. The smallest absolute Gasteiger partial charge is 0.411 e. The maximum atomic E-state index is 12.0. The number of carbonyl (C=O) groups excluding carboxylic acids is 2. The summed E-state index contributed by atoms with van der Waals surface area (Å²) in [4.78, 5) is 23.8. The largest absolute Gasteiger partial charge is 0.449 e. The van der Waals surface area contributed by atoms with Gasteiger partial charge < -0.3 is 15.4 Å². The lowest BCUT2D eigenvalue weighted by Crippen LogP contribution is -2.39. The van der Waals surface area contributed by atoms with Gasteiger partial charge in [0, 0.05) is 29.7 Å². The zero-order chi connectivity index (χ0) is 21.1. The molecule has 0 aliphatic carbocycles. The third-order valence-corrected chi connectivity index (χ3v) is 4.73. The van der Waals surface area contributed by atoms with Gasteiger partial charge in [-0.15, -0.1) is 0 Å². The highest BCUT2D eigenvalue weighted by Gasteiger charge is 2.09. The van der Waals surface area contributed by atoms with Crippen molar-refractivity contribution in [2.45, 2.75) is 39.3 Å². The molecule has 29 heavy (non-hydrogen) atoms. The molecule has 0 aromatic heterocycles. The fourth-order valence-corrected chi connectivity index (χ4v) is 2.86. The molecule has 1 atom stereocenters. The number of carbonyl (C=O) groups is 2. The molecule has 0 fully saturated rings. The molecule has 0 bridgehead atoms. The minimum atomic E-state index is -0.505. The molecule has 7 heteroatoms. The van der Waals surface area contributed by atoms with Crippen LogP contribution < -0.4 is 16.0 Å². The van der Waals surface area contributed by atoms with Crippen LogP contribution in [0.4, 0.5) is 10.5 Å². The van der Waals surface area contributed by atoms with E-state index >= 15 is 0 Å². The number of amides is 2. The molecule has 3 N–H and O–H groups in total. The van der Waals surface area contributed by atoms with Gasteiger partial charge in [0.25, 0.3) is 0 Å². The summed E-state index contributed by atoms with van der Waals surface area (Å²) < 4.78 is 5.18. The van der Waals surface area contributed by atoms with Gasteiger partial charge in [-0.05, 0) is 42.7 Å². The molecule has 156 valence electrons. The normalized spacial score (nSPS) is 11.6. The Kier molecular flexibility index (Phi) is 9.47. The lowest BCUT2D eigenvalue weighted by atomic mass is 10.1. The second-order valence-corrected chi connectivity index (χ2v) is 7.17. The number of anilines is 1. The topological polar surface area (TPSA) is 79.5 Å². The van der Waals surface area contributed by atoms with Crippen molar-refractivity contribution in [3.05, 3.63) is 64.7 Å². The van der Waals surface area contributed by atoms with Crippen LogP contribution >= 0.6 is 11.6 Å². The first kappa shape index (κ1) is 22.7. The van der Waals surface area contributed by atoms with Gasteiger partial charge in [-0.2, -0.15) is 0 Å². The van der Waals surface area contributed by atoms with Crippen LogP contribution in [0.25, 0.3) is 0 Å². The number of hydrogen-bond donors (Lipinski definition) is 3. The van der Waals surface area contributed by atoms with E-state index in [4.69, 9.17) is 16.3 Å². The lowest BCUT2D eigenvalue weighted by molar-refractivity contribution is -0.120. The Morgan fingerprint density at radius 2 is 1.83 bits per heavy atom. The quantitative estimate of drug-likeness (QED) is 0.543. The Labute approximate surface area is 177 Å². The van der Waals surface area contributed by atoms with Gasteiger partial charge in [0.2, 0.25) is 5.91 Å². The number of aryl methyl sites for hydroxylation is 1. The first-order valence-electron chi connectivity index (χ1n) is 9.74. The van der Waals surface area contributed by atoms with Crippen molar-refractivity contribution in [2.75, 3.05) is 18.5 Å². The Morgan fingerprint density at radius 1 is 1.10 bits per heavy atom. The number of halogens is 1. The van der Waals surface area contributed by atoms with Crippen LogP contribution in [0, 0.1) is 0 Å². The highest BCUT2D eigenvalue weighted by atomic mass is 35.5. The lowest BCUT2D eigenvalue weighted by Gasteiger charge is -2.15. The van der Waals surface area contributed by atoms with Crippen molar-refractivity contribution in [1.82, 2.24) is 10.6 Å². The fraction of sp³-hybridized carbons (Fsp3) is 0.364. The van der Waals surface area contributed by atoms with E-state index in [1.165, 1.54) is 5.56 Å². The third-order valence-electron chi connectivity index (χ3n) is 4.36. The second kappa shape index (κ2) is 12.1. The van der Waals surface area contributed by atoms with E-state index in [1.54, 1.807) is 0 Å². The van der Waals surface area contributed by atoms with Crippen LogP contribution in [0.15, 0.2) is 48.5 Å². The van der Waals surface area contributed by atoms with E-state index in [2.05, 4.69) is 22.9 Å². The zero-order valence-electron chi connectivity index (χ0n) is 16.8. The third kappa shape index (κ3) is 8.54. The Hall–Kier alpha value is -2.57. The molecule has 0 saturated carbocycles. The number of nitrogens with one attached hydrogen (secondary N) is 3. The summed E-state index contributed by atoms with van der Waals surface area (Å²) in [5.41, 5.74) is 2.84. The molecule has 0 saturated heterocycles. The molecule has 0 unspecified atom stereocenters. The van der Waals surface area contributed by atoms with E-state index < -0.39 is 6.09 Å². The average molecular weight is 418 g/mol. The number of benzene rings is 2. The minimum absolute atomic E-state index is 0.110. The van der Waals surface area contributed by atoms with Crippen LogP contribution in [0.5, 0.6) is 0 Å². The summed E-state index contributed by atoms with van der Waals surface area (Å²) in [6, 6.07) is 15.0. The summed E-state index contributed by atoms with van der Waals surface area (Å²) in [6.07, 6.45) is 0.969. The van der Waals surface area contributed by atoms with E-state index in [1.807, 2.05) is 55.5 Å². The van der Waals surface area contributed by atoms with Crippen LogP contribution in [0.2, 0.25) is 5.02 Å². The molecule has 0 radical (unpaired) electrons. The van der Waals surface area contributed by atoms with Crippen molar-refractivity contribution in [1.29, 1.82) is 0 Å². The van der Waals surface area contributed by atoms with Gasteiger partial charge in [0.1, 0.15) is 0 Å². The number of hydrogen-bond acceptors (Lipinski definition) is 4. The summed E-state index contributed by atoms with van der Waals surface area (Å²) >= 11 is 6.08. The molecule has 0 spiro atoms. The number of ether oxygens (including phenoxy) is 1. The summed E-state index contributed by atoms with van der Waals surface area (Å²) in [6.45, 7) is 4.87. The van der Waals surface area contributed by atoms with Gasteiger partial charge in [-0.3, -0.25) is 10.1 Å². The van der Waals surface area contributed by atoms with Gasteiger partial charge in [0.05, 0.1) is 13.2 Å². The second-order valence-electron chi connectivity index (χ2n) is 6.76. The maximum Gasteiger partial charge on any atom is 0.411 e. The van der Waals surface area contributed by atoms with Crippen molar-refractivity contribution < 1.29 is 14.3 Å². The van der Waals surface area contributed by atoms with E-state index in [0.717, 1.165) is 12.0 Å². The van der Waals surface area contributed by atoms with Crippen molar-refractivity contribution in [3.63, 3.8) is 0 Å². The average Bonchev–Trinajstić information content (AvgIpc) is 2.70. The molecule has 2 aromatic carbocycles. The highest BCUT2D eigenvalue weighted by Crippen LogP contribution is 2.14. The zero-order valence-corrected chi connectivity index (χ0v) is 17.6. The predicted octanol–water partition coefficient (Wildman–Crippen LogP) is 4.14. The van der Waals surface area contributed by atoms with Gasteiger partial charge >= 0.3 is 6.09 Å². The number of rotatable bonds is 10. The SMILES string of the molecule is CCc1ccc(NC(=O)OCC[C@H](C)NC(=O)CNCc2ccccc2Cl)cc1.